The molecule has 0 fully saturated rings. The lowest BCUT2D eigenvalue weighted by Crippen LogP contribution is -2.39. The first-order valence-electron chi connectivity index (χ1n) is 7.71. The van der Waals surface area contributed by atoms with Crippen LogP contribution >= 0.6 is 11.3 Å². The number of para-hydroxylation sites is 1. The van der Waals surface area contributed by atoms with E-state index in [9.17, 15) is 13.2 Å². The minimum atomic E-state index is -3.62. The number of carbonyl (C=O) groups is 1. The van der Waals surface area contributed by atoms with Crippen LogP contribution in [0.5, 0.6) is 0 Å². The number of benzene rings is 1. The summed E-state index contributed by atoms with van der Waals surface area (Å²) in [7, 11) is -2.04. The fourth-order valence-corrected chi connectivity index (χ4v) is 4.41. The molecule has 5 nitrogen and oxygen atoms in total. The normalized spacial score (nSPS) is 13.0. The van der Waals surface area contributed by atoms with E-state index in [1.54, 1.807) is 36.7 Å². The number of nitrogens with zero attached hydrogens (tertiary/aromatic N) is 2. The second-order valence-corrected chi connectivity index (χ2v) is 9.23. The quantitative estimate of drug-likeness (QED) is 0.787. The van der Waals surface area contributed by atoms with Crippen LogP contribution < -0.4 is 4.90 Å². The highest BCUT2D eigenvalue weighted by molar-refractivity contribution is 7.92. The number of sulfone groups is 1. The molecule has 0 aliphatic rings. The maximum atomic E-state index is 12.6. The van der Waals surface area contributed by atoms with Gasteiger partial charge in [-0.25, -0.2) is 13.4 Å². The molecule has 0 aliphatic carbocycles. The summed E-state index contributed by atoms with van der Waals surface area (Å²) in [5.41, 5.74) is 1.17. The Kier molecular flexibility index (Phi) is 5.77. The van der Waals surface area contributed by atoms with E-state index in [0.717, 1.165) is 5.01 Å². The Bertz CT molecular complexity index is 798. The number of anilines is 1. The van der Waals surface area contributed by atoms with E-state index in [0.29, 0.717) is 11.4 Å². The van der Waals surface area contributed by atoms with Gasteiger partial charge >= 0.3 is 0 Å². The van der Waals surface area contributed by atoms with E-state index >= 15 is 0 Å². The van der Waals surface area contributed by atoms with Crippen LogP contribution in [0.2, 0.25) is 0 Å². The maximum absolute atomic E-state index is 12.6. The minimum Gasteiger partial charge on any atom is -0.314 e. The second kappa shape index (κ2) is 7.44. The van der Waals surface area contributed by atoms with Crippen molar-refractivity contribution in [1.29, 1.82) is 0 Å². The van der Waals surface area contributed by atoms with E-state index in [2.05, 4.69) is 4.98 Å². The number of aromatic nitrogens is 1. The largest absolute Gasteiger partial charge is 0.314 e. The lowest BCUT2D eigenvalue weighted by molar-refractivity contribution is -0.117. The van der Waals surface area contributed by atoms with Crippen molar-refractivity contribution in [3.05, 3.63) is 46.4 Å². The van der Waals surface area contributed by atoms with Crippen LogP contribution in [-0.2, 0) is 20.4 Å². The Morgan fingerprint density at radius 3 is 2.38 bits per heavy atom. The molecule has 1 aromatic heterocycles. The number of amides is 1. The summed E-state index contributed by atoms with van der Waals surface area (Å²) in [5, 5.41) is 1.54. The van der Waals surface area contributed by atoms with Crippen molar-refractivity contribution >= 4 is 32.8 Å². The highest BCUT2D eigenvalue weighted by Crippen LogP contribution is 2.22. The minimum absolute atomic E-state index is 0.217. The summed E-state index contributed by atoms with van der Waals surface area (Å²) in [6, 6.07) is 9.00. The van der Waals surface area contributed by atoms with Gasteiger partial charge in [-0.2, -0.15) is 0 Å². The highest BCUT2D eigenvalue weighted by atomic mass is 32.2. The average Bonchev–Trinajstić information content (AvgIpc) is 3.01. The molecule has 0 saturated carbocycles. The Morgan fingerprint density at radius 1 is 1.21 bits per heavy atom. The third-order valence-electron chi connectivity index (χ3n) is 3.77. The number of rotatable bonds is 6. The molecule has 2 aromatic rings. The zero-order valence-electron chi connectivity index (χ0n) is 14.3. The molecule has 1 amide bonds. The van der Waals surface area contributed by atoms with Gasteiger partial charge in [0.05, 0.1) is 16.5 Å². The zero-order chi connectivity index (χ0) is 17.9. The van der Waals surface area contributed by atoms with Gasteiger partial charge < -0.3 is 4.90 Å². The first kappa shape index (κ1) is 18.6. The van der Waals surface area contributed by atoms with Gasteiger partial charge in [0.1, 0.15) is 5.25 Å². The van der Waals surface area contributed by atoms with Gasteiger partial charge in [0.15, 0.2) is 9.84 Å². The van der Waals surface area contributed by atoms with Gasteiger partial charge in [0.25, 0.3) is 0 Å². The van der Waals surface area contributed by atoms with Crippen LogP contribution in [0, 0.1) is 0 Å². The summed E-state index contributed by atoms with van der Waals surface area (Å²) < 4.78 is 25.1. The predicted molar refractivity (Wildman–Crippen MR) is 98.1 cm³/mol. The standard InChI is InChI=1S/C17H22N2O3S2/c1-12(2)16-18-14(10-23-16)11-24(21,22)13(3)17(20)19(4)15-8-6-5-7-9-15/h5-10,12-13H,11H2,1-4H3. The van der Waals surface area contributed by atoms with Crippen LogP contribution in [0.4, 0.5) is 5.69 Å². The van der Waals surface area contributed by atoms with Crippen LogP contribution in [0.3, 0.4) is 0 Å². The zero-order valence-corrected chi connectivity index (χ0v) is 15.9. The van der Waals surface area contributed by atoms with E-state index in [-0.39, 0.29) is 11.7 Å². The van der Waals surface area contributed by atoms with Gasteiger partial charge in [0.2, 0.25) is 5.91 Å². The van der Waals surface area contributed by atoms with Crippen LogP contribution in [0.15, 0.2) is 35.7 Å². The Labute approximate surface area is 147 Å². The van der Waals surface area contributed by atoms with Crippen molar-refractivity contribution in [3.8, 4) is 0 Å². The summed E-state index contributed by atoms with van der Waals surface area (Å²) >= 11 is 1.45. The molecule has 7 heteroatoms. The number of thiazole rings is 1. The molecule has 1 atom stereocenters. The maximum Gasteiger partial charge on any atom is 0.244 e. The van der Waals surface area contributed by atoms with Gasteiger partial charge in [-0.15, -0.1) is 11.3 Å². The fraction of sp³-hybridized carbons (Fsp3) is 0.412. The van der Waals surface area contributed by atoms with Crippen molar-refractivity contribution in [2.45, 2.75) is 37.7 Å². The summed E-state index contributed by atoms with van der Waals surface area (Å²) in [6.45, 7) is 5.46. The fourth-order valence-electron chi connectivity index (χ4n) is 2.19. The third kappa shape index (κ3) is 4.21. The topological polar surface area (TPSA) is 67.3 Å². The Hall–Kier alpha value is -1.73. The molecule has 2 rings (SSSR count). The van der Waals surface area contributed by atoms with Crippen molar-refractivity contribution < 1.29 is 13.2 Å². The first-order valence-corrected chi connectivity index (χ1v) is 10.3. The monoisotopic (exact) mass is 366 g/mol. The molecule has 0 radical (unpaired) electrons. The van der Waals surface area contributed by atoms with Crippen molar-refractivity contribution in [1.82, 2.24) is 4.98 Å². The lowest BCUT2D eigenvalue weighted by atomic mass is 10.2. The van der Waals surface area contributed by atoms with Gasteiger partial charge in [0, 0.05) is 24.0 Å². The van der Waals surface area contributed by atoms with Crippen molar-refractivity contribution in [2.24, 2.45) is 0 Å². The van der Waals surface area contributed by atoms with E-state index in [1.807, 2.05) is 19.9 Å². The molecule has 0 N–H and O–H groups in total. The molecular weight excluding hydrogens is 344 g/mol. The van der Waals surface area contributed by atoms with E-state index in [4.69, 9.17) is 0 Å². The van der Waals surface area contributed by atoms with Gasteiger partial charge in [-0.3, -0.25) is 4.79 Å². The van der Waals surface area contributed by atoms with E-state index in [1.165, 1.54) is 23.2 Å². The molecule has 0 saturated heterocycles. The summed E-state index contributed by atoms with van der Waals surface area (Å²) in [5.74, 6) is -0.401. The number of hydrogen-bond donors (Lipinski definition) is 0. The first-order chi connectivity index (χ1) is 11.2. The molecule has 1 unspecified atom stereocenters. The smallest absolute Gasteiger partial charge is 0.244 e. The highest BCUT2D eigenvalue weighted by Gasteiger charge is 2.31. The summed E-state index contributed by atoms with van der Waals surface area (Å²) in [6.07, 6.45) is 0. The Morgan fingerprint density at radius 2 is 1.83 bits per heavy atom. The third-order valence-corrected chi connectivity index (χ3v) is 6.94. The molecule has 130 valence electrons. The molecule has 1 aromatic carbocycles. The van der Waals surface area contributed by atoms with Crippen LogP contribution in [-0.4, -0.2) is 31.6 Å². The SMILES string of the molecule is CC(C)c1nc(CS(=O)(=O)C(C)C(=O)N(C)c2ccccc2)cs1. The summed E-state index contributed by atoms with van der Waals surface area (Å²) in [4.78, 5) is 18.3. The molecule has 0 aliphatic heterocycles. The van der Waals surface area contributed by atoms with Gasteiger partial charge in [-0.05, 0) is 19.1 Å². The van der Waals surface area contributed by atoms with Gasteiger partial charge in [-0.1, -0.05) is 32.0 Å². The van der Waals surface area contributed by atoms with Crippen LogP contribution in [0.1, 0.15) is 37.4 Å². The van der Waals surface area contributed by atoms with Crippen LogP contribution in [0.25, 0.3) is 0 Å². The average molecular weight is 367 g/mol. The second-order valence-electron chi connectivity index (χ2n) is 6.01. The Balaban J connectivity index is 2.14. The van der Waals surface area contributed by atoms with E-state index < -0.39 is 21.0 Å². The van der Waals surface area contributed by atoms with Crippen molar-refractivity contribution in [3.63, 3.8) is 0 Å². The molecule has 24 heavy (non-hydrogen) atoms. The van der Waals surface area contributed by atoms with Crippen molar-refractivity contribution in [2.75, 3.05) is 11.9 Å². The molecule has 0 bridgehead atoms. The molecule has 1 heterocycles. The molecule has 0 spiro atoms. The number of carbonyl (C=O) groups excluding carboxylic acids is 1. The lowest BCUT2D eigenvalue weighted by Gasteiger charge is -2.21. The number of hydrogen-bond acceptors (Lipinski definition) is 5. The predicted octanol–water partition coefficient (Wildman–Crippen LogP) is 3.23. The molecular formula is C17H22N2O3S2.